The summed E-state index contributed by atoms with van der Waals surface area (Å²) in [4.78, 5) is 4.13. The zero-order valence-corrected chi connectivity index (χ0v) is 11.0. The van der Waals surface area contributed by atoms with Gasteiger partial charge in [-0.05, 0) is 38.1 Å². The number of hydrogen-bond acceptors (Lipinski definition) is 4. The molecule has 4 nitrogen and oxygen atoms in total. The summed E-state index contributed by atoms with van der Waals surface area (Å²) in [5.74, 6) is 2.09. The van der Waals surface area contributed by atoms with Crippen molar-refractivity contribution in [2.24, 2.45) is 0 Å². The van der Waals surface area contributed by atoms with E-state index in [1.807, 2.05) is 31.2 Å². The van der Waals surface area contributed by atoms with Gasteiger partial charge in [0.2, 0.25) is 0 Å². The van der Waals surface area contributed by atoms with Crippen LogP contribution in [0.1, 0.15) is 25.6 Å². The third kappa shape index (κ3) is 3.69. The lowest BCUT2D eigenvalue weighted by Crippen LogP contribution is -1.95. The minimum Gasteiger partial charge on any atom is -0.494 e. The number of aliphatic hydroxyl groups is 1. The van der Waals surface area contributed by atoms with E-state index in [1.165, 1.54) is 0 Å². The molecule has 0 saturated carbocycles. The first-order valence-corrected chi connectivity index (χ1v) is 6.23. The van der Waals surface area contributed by atoms with E-state index in [2.05, 4.69) is 4.98 Å². The molecule has 4 heteroatoms. The van der Waals surface area contributed by atoms with Gasteiger partial charge in [0, 0.05) is 6.07 Å². The van der Waals surface area contributed by atoms with Crippen LogP contribution < -0.4 is 9.47 Å². The maximum atomic E-state index is 9.38. The van der Waals surface area contributed by atoms with Crippen LogP contribution in [0.5, 0.6) is 17.2 Å². The molecule has 0 fully saturated rings. The first-order valence-electron chi connectivity index (χ1n) is 6.23. The quantitative estimate of drug-likeness (QED) is 0.894. The molecule has 0 bridgehead atoms. The number of nitrogens with zero attached hydrogens (tertiary/aromatic N) is 1. The lowest BCUT2D eigenvalue weighted by molar-refractivity contribution is 0.194. The maximum absolute atomic E-state index is 9.38. The summed E-state index contributed by atoms with van der Waals surface area (Å²) in [5, 5.41) is 9.38. The molecular formula is C15H17NO3. The molecule has 0 spiro atoms. The van der Waals surface area contributed by atoms with Crippen molar-refractivity contribution >= 4 is 0 Å². The molecule has 2 aromatic rings. The monoisotopic (exact) mass is 259 g/mol. The second-order valence-electron chi connectivity index (χ2n) is 4.10. The summed E-state index contributed by atoms with van der Waals surface area (Å²) in [6.45, 7) is 4.23. The standard InChI is InChI=1S/C15H17NO3/c1-3-18-12-5-4-6-13(9-12)19-14-7-8-15(11(2)17)16-10-14/h4-11,17H,3H2,1-2H3/t11-/m1/s1. The van der Waals surface area contributed by atoms with Crippen molar-refractivity contribution in [3.8, 4) is 17.2 Å². The molecule has 19 heavy (non-hydrogen) atoms. The zero-order valence-electron chi connectivity index (χ0n) is 11.0. The molecule has 0 aliphatic heterocycles. The molecule has 2 rings (SSSR count). The SMILES string of the molecule is CCOc1cccc(Oc2ccc([C@@H](C)O)nc2)c1. The van der Waals surface area contributed by atoms with Crippen molar-refractivity contribution in [1.29, 1.82) is 0 Å². The Bertz CT molecular complexity index is 523. The summed E-state index contributed by atoms with van der Waals surface area (Å²) in [6.07, 6.45) is 1.02. The van der Waals surface area contributed by atoms with Crippen molar-refractivity contribution in [2.75, 3.05) is 6.61 Å². The van der Waals surface area contributed by atoms with E-state index >= 15 is 0 Å². The Balaban J connectivity index is 2.10. The molecule has 0 amide bonds. The van der Waals surface area contributed by atoms with Crippen molar-refractivity contribution in [2.45, 2.75) is 20.0 Å². The van der Waals surface area contributed by atoms with E-state index in [0.29, 0.717) is 23.8 Å². The predicted octanol–water partition coefficient (Wildman–Crippen LogP) is 3.33. The normalized spacial score (nSPS) is 11.9. The minimum atomic E-state index is -0.574. The minimum absolute atomic E-state index is 0.574. The molecule has 0 saturated heterocycles. The van der Waals surface area contributed by atoms with E-state index in [9.17, 15) is 5.11 Å². The van der Waals surface area contributed by atoms with E-state index < -0.39 is 6.10 Å². The van der Waals surface area contributed by atoms with Gasteiger partial charge >= 0.3 is 0 Å². The summed E-state index contributed by atoms with van der Waals surface area (Å²) >= 11 is 0. The van der Waals surface area contributed by atoms with Gasteiger partial charge < -0.3 is 14.6 Å². The summed E-state index contributed by atoms with van der Waals surface area (Å²) in [7, 11) is 0. The summed E-state index contributed by atoms with van der Waals surface area (Å²) in [6, 6.07) is 11.0. The second-order valence-corrected chi connectivity index (χ2v) is 4.10. The van der Waals surface area contributed by atoms with Crippen LogP contribution in [0.3, 0.4) is 0 Å². The van der Waals surface area contributed by atoms with Crippen LogP contribution in [0.2, 0.25) is 0 Å². The fourth-order valence-electron chi connectivity index (χ4n) is 1.63. The molecule has 1 aromatic heterocycles. The number of aromatic nitrogens is 1. The van der Waals surface area contributed by atoms with Gasteiger partial charge in [-0.1, -0.05) is 6.07 Å². The highest BCUT2D eigenvalue weighted by Gasteiger charge is 2.04. The Morgan fingerprint density at radius 1 is 1.16 bits per heavy atom. The first-order chi connectivity index (χ1) is 9.19. The fraction of sp³-hybridized carbons (Fsp3) is 0.267. The Labute approximate surface area is 112 Å². The molecule has 0 aliphatic carbocycles. The third-order valence-electron chi connectivity index (χ3n) is 2.54. The van der Waals surface area contributed by atoms with Gasteiger partial charge in [-0.25, -0.2) is 0 Å². The molecule has 0 radical (unpaired) electrons. The molecule has 0 aliphatic rings. The molecule has 1 atom stereocenters. The Kier molecular flexibility index (Phi) is 4.36. The van der Waals surface area contributed by atoms with Crippen molar-refractivity contribution in [3.63, 3.8) is 0 Å². The Hall–Kier alpha value is -2.07. The van der Waals surface area contributed by atoms with Crippen LogP contribution in [0.25, 0.3) is 0 Å². The van der Waals surface area contributed by atoms with Crippen molar-refractivity contribution < 1.29 is 14.6 Å². The average molecular weight is 259 g/mol. The van der Waals surface area contributed by atoms with Gasteiger partial charge in [0.05, 0.1) is 24.6 Å². The number of rotatable bonds is 5. The number of ether oxygens (including phenoxy) is 2. The molecule has 0 unspecified atom stereocenters. The van der Waals surface area contributed by atoms with Gasteiger partial charge in [0.25, 0.3) is 0 Å². The molecule has 1 aromatic carbocycles. The number of pyridine rings is 1. The van der Waals surface area contributed by atoms with E-state index in [0.717, 1.165) is 5.75 Å². The third-order valence-corrected chi connectivity index (χ3v) is 2.54. The highest BCUT2D eigenvalue weighted by Crippen LogP contribution is 2.25. The molecular weight excluding hydrogens is 242 g/mol. The van der Waals surface area contributed by atoms with Crippen molar-refractivity contribution in [1.82, 2.24) is 4.98 Å². The molecule has 100 valence electrons. The lowest BCUT2D eigenvalue weighted by Gasteiger charge is -2.09. The topological polar surface area (TPSA) is 51.6 Å². The van der Waals surface area contributed by atoms with Crippen LogP contribution in [0, 0.1) is 0 Å². The van der Waals surface area contributed by atoms with Gasteiger partial charge in [0.15, 0.2) is 0 Å². The summed E-state index contributed by atoms with van der Waals surface area (Å²) in [5.41, 5.74) is 0.621. The van der Waals surface area contributed by atoms with Crippen LogP contribution in [-0.2, 0) is 0 Å². The highest BCUT2D eigenvalue weighted by molar-refractivity contribution is 5.36. The first kappa shape index (κ1) is 13.4. The van der Waals surface area contributed by atoms with Crippen LogP contribution >= 0.6 is 0 Å². The smallest absolute Gasteiger partial charge is 0.145 e. The summed E-state index contributed by atoms with van der Waals surface area (Å²) < 4.78 is 11.1. The van der Waals surface area contributed by atoms with E-state index in [-0.39, 0.29) is 0 Å². The highest BCUT2D eigenvalue weighted by atomic mass is 16.5. The van der Waals surface area contributed by atoms with Crippen LogP contribution in [0.4, 0.5) is 0 Å². The van der Waals surface area contributed by atoms with Gasteiger partial charge in [-0.15, -0.1) is 0 Å². The zero-order chi connectivity index (χ0) is 13.7. The van der Waals surface area contributed by atoms with Crippen molar-refractivity contribution in [3.05, 3.63) is 48.3 Å². The molecule has 1 heterocycles. The fourth-order valence-corrected chi connectivity index (χ4v) is 1.63. The maximum Gasteiger partial charge on any atom is 0.145 e. The van der Waals surface area contributed by atoms with Gasteiger partial charge in [0.1, 0.15) is 17.2 Å². The second kappa shape index (κ2) is 6.20. The molecule has 1 N–H and O–H groups in total. The average Bonchev–Trinajstić information content (AvgIpc) is 2.40. The number of hydrogen-bond donors (Lipinski definition) is 1. The van der Waals surface area contributed by atoms with Gasteiger partial charge in [-0.3, -0.25) is 4.98 Å². The van der Waals surface area contributed by atoms with E-state index in [1.54, 1.807) is 25.3 Å². The van der Waals surface area contributed by atoms with Crippen LogP contribution in [-0.4, -0.2) is 16.7 Å². The van der Waals surface area contributed by atoms with Gasteiger partial charge in [-0.2, -0.15) is 0 Å². The lowest BCUT2D eigenvalue weighted by atomic mass is 10.2. The number of benzene rings is 1. The van der Waals surface area contributed by atoms with E-state index in [4.69, 9.17) is 9.47 Å². The Morgan fingerprint density at radius 3 is 2.58 bits per heavy atom. The van der Waals surface area contributed by atoms with Crippen LogP contribution in [0.15, 0.2) is 42.6 Å². The number of aliphatic hydroxyl groups excluding tert-OH is 1. The Morgan fingerprint density at radius 2 is 1.95 bits per heavy atom. The largest absolute Gasteiger partial charge is 0.494 e. The predicted molar refractivity (Wildman–Crippen MR) is 72.6 cm³/mol.